The van der Waals surface area contributed by atoms with Gasteiger partial charge in [-0.05, 0) is 0 Å². The summed E-state index contributed by atoms with van der Waals surface area (Å²) in [5.74, 6) is -2.63. The number of hydrogen-bond acceptors (Lipinski definition) is 13. The van der Waals surface area contributed by atoms with Gasteiger partial charge in [0.1, 0.15) is 37.7 Å². The van der Waals surface area contributed by atoms with E-state index in [9.17, 15) is 29.7 Å². The lowest BCUT2D eigenvalue weighted by Gasteiger charge is -2.51. The Morgan fingerprint density at radius 1 is 1.40 bits per heavy atom. The zero-order chi connectivity index (χ0) is 25.5. The minimum absolute atomic E-state index is 0.0600. The molecule has 0 saturated carbocycles. The summed E-state index contributed by atoms with van der Waals surface area (Å²) in [4.78, 5) is 47.5. The van der Waals surface area contributed by atoms with Gasteiger partial charge in [0.2, 0.25) is 11.5 Å². The first-order chi connectivity index (χ1) is 16.5. The minimum atomic E-state index is -1.49. The molecule has 3 aliphatic heterocycles. The first-order valence-corrected chi connectivity index (χ1v) is 12.5. The number of aromatic nitrogens is 2. The number of quaternary nitrogens is 1. The Kier molecular flexibility index (Phi) is 7.01. The van der Waals surface area contributed by atoms with Crippen molar-refractivity contribution < 1.29 is 39.0 Å². The number of nitrogens with two attached hydrogens (primary N) is 1. The number of fused-ring (bicyclic) bond motifs is 1. The molecule has 1 aromatic heterocycles. The Hall–Kier alpha value is -2.79. The van der Waals surface area contributed by atoms with E-state index >= 15 is 0 Å². The summed E-state index contributed by atoms with van der Waals surface area (Å²) < 4.78 is 4.25. The zero-order valence-corrected chi connectivity index (χ0v) is 20.5. The molecule has 1 aromatic rings. The average molecular weight is 528 g/mol. The standard InChI is InChI=1S/C19H25N7O7S2/c1-26(4-3-9(27)10(28)6-26)5-8-7-34-17-12(16(30)25(17)13(8)18(31)32)21-15(29)11(23-33-2)14-22-19(20)35-24-14/h9-10,12,17,27-28H,3-7H2,1-2H3,(H3-,20,21,22,24,29,31,32)/b23-11-/t9-,10+,12+,17+,26?/m0/s1. The van der Waals surface area contributed by atoms with Crippen molar-refractivity contribution >= 4 is 51.9 Å². The highest BCUT2D eigenvalue weighted by atomic mass is 32.2. The predicted octanol–water partition coefficient (Wildman–Crippen LogP) is -3.55. The monoisotopic (exact) mass is 527 g/mol. The van der Waals surface area contributed by atoms with Gasteiger partial charge in [-0.2, -0.15) is 9.36 Å². The number of aliphatic carboxylic acids is 1. The third-order valence-electron chi connectivity index (χ3n) is 6.19. The van der Waals surface area contributed by atoms with Gasteiger partial charge < -0.3 is 40.5 Å². The fraction of sp³-hybridized carbons (Fsp3) is 0.579. The van der Waals surface area contributed by atoms with Crippen molar-refractivity contribution in [3.63, 3.8) is 0 Å². The molecule has 4 rings (SSSR count). The third-order valence-corrected chi connectivity index (χ3v) is 8.07. The molecule has 16 heteroatoms. The SMILES string of the molecule is CO/N=C(\C(=O)N[C@@H]1C(=O)N2C(C(=O)[O-])=C(C[N+]3(C)CC[C@H](O)[C@H](O)C3)CS[C@H]12)c1nsc(N)n1. The summed E-state index contributed by atoms with van der Waals surface area (Å²) >= 11 is 2.17. The summed E-state index contributed by atoms with van der Waals surface area (Å²) in [6, 6.07) is -1.00. The molecule has 3 aliphatic rings. The van der Waals surface area contributed by atoms with Crippen molar-refractivity contribution in [1.82, 2.24) is 19.6 Å². The summed E-state index contributed by atoms with van der Waals surface area (Å²) in [6.45, 7) is 1.07. The number of amides is 2. The molecule has 5 N–H and O–H groups in total. The van der Waals surface area contributed by atoms with E-state index in [1.165, 1.54) is 18.9 Å². The van der Waals surface area contributed by atoms with Crippen LogP contribution in [-0.4, -0.2) is 116 Å². The van der Waals surface area contributed by atoms with Crippen LogP contribution in [0.25, 0.3) is 0 Å². The summed E-state index contributed by atoms with van der Waals surface area (Å²) in [6.07, 6.45) is -1.35. The first kappa shape index (κ1) is 25.3. The topological polar surface area (TPSA) is 203 Å². The number of likely N-dealkylation sites (N-methyl/N-ethyl adjacent to an activating group) is 1. The second-order valence-corrected chi connectivity index (χ2v) is 10.7. The lowest BCUT2D eigenvalue weighted by Crippen LogP contribution is -2.72. The number of nitrogens with zero attached hydrogens (tertiary/aromatic N) is 5. The molecule has 35 heavy (non-hydrogen) atoms. The number of carboxylic acids is 1. The molecule has 0 radical (unpaired) electrons. The van der Waals surface area contributed by atoms with Crippen molar-refractivity contribution in [3.05, 3.63) is 17.1 Å². The van der Waals surface area contributed by atoms with Gasteiger partial charge in [-0.1, -0.05) is 5.16 Å². The summed E-state index contributed by atoms with van der Waals surface area (Å²) in [7, 11) is 3.10. The van der Waals surface area contributed by atoms with Crippen LogP contribution in [0.15, 0.2) is 16.4 Å². The molecule has 2 amide bonds. The Labute approximate surface area is 208 Å². The van der Waals surface area contributed by atoms with E-state index in [0.29, 0.717) is 28.8 Å². The highest BCUT2D eigenvalue weighted by molar-refractivity contribution is 8.00. The molecule has 4 heterocycles. The smallest absolute Gasteiger partial charge is 0.278 e. The van der Waals surface area contributed by atoms with Crippen LogP contribution < -0.4 is 16.2 Å². The van der Waals surface area contributed by atoms with Crippen LogP contribution in [0.4, 0.5) is 5.13 Å². The van der Waals surface area contributed by atoms with Gasteiger partial charge in [-0.25, -0.2) is 0 Å². The average Bonchev–Trinajstić information content (AvgIpc) is 3.23. The van der Waals surface area contributed by atoms with Gasteiger partial charge in [0, 0.05) is 29.3 Å². The van der Waals surface area contributed by atoms with E-state index in [4.69, 9.17) is 10.6 Å². The van der Waals surface area contributed by atoms with E-state index in [1.807, 2.05) is 7.05 Å². The number of carbonyl (C=O) groups is 3. The fourth-order valence-corrected chi connectivity index (χ4v) is 6.28. The van der Waals surface area contributed by atoms with Gasteiger partial charge in [-0.15, -0.1) is 11.8 Å². The van der Waals surface area contributed by atoms with Gasteiger partial charge in [0.05, 0.1) is 31.4 Å². The van der Waals surface area contributed by atoms with Crippen molar-refractivity contribution in [2.75, 3.05) is 45.3 Å². The molecule has 0 aromatic carbocycles. The molecule has 0 aliphatic carbocycles. The second-order valence-electron chi connectivity index (χ2n) is 8.79. The molecule has 2 saturated heterocycles. The second kappa shape index (κ2) is 9.69. The van der Waals surface area contributed by atoms with Crippen LogP contribution in [-0.2, 0) is 19.2 Å². The van der Waals surface area contributed by atoms with Crippen LogP contribution in [0.5, 0.6) is 0 Å². The number of hydrogen-bond donors (Lipinski definition) is 4. The maximum absolute atomic E-state index is 13.0. The van der Waals surface area contributed by atoms with Crippen LogP contribution in [0.3, 0.4) is 0 Å². The van der Waals surface area contributed by atoms with Crippen LogP contribution >= 0.6 is 23.3 Å². The van der Waals surface area contributed by atoms with Crippen LogP contribution in [0, 0.1) is 0 Å². The first-order valence-electron chi connectivity index (χ1n) is 10.6. The Morgan fingerprint density at radius 2 is 2.14 bits per heavy atom. The van der Waals surface area contributed by atoms with Gasteiger partial charge in [0.15, 0.2) is 5.13 Å². The molecule has 2 fully saturated rings. The summed E-state index contributed by atoms with van der Waals surface area (Å²) in [5, 5.41) is 37.6. The Balaban J connectivity index is 1.51. The number of piperidine rings is 1. The molecule has 1 unspecified atom stereocenters. The third kappa shape index (κ3) is 4.84. The van der Waals surface area contributed by atoms with Crippen molar-refractivity contribution in [3.8, 4) is 0 Å². The number of β-lactam (4-membered cyclic amide) rings is 1. The molecular weight excluding hydrogens is 502 g/mol. The number of rotatable bonds is 7. The highest BCUT2D eigenvalue weighted by Crippen LogP contribution is 2.41. The van der Waals surface area contributed by atoms with Gasteiger partial charge >= 0.3 is 0 Å². The van der Waals surface area contributed by atoms with E-state index in [0.717, 1.165) is 16.4 Å². The maximum Gasteiger partial charge on any atom is 0.278 e. The number of thioether (sulfide) groups is 1. The highest BCUT2D eigenvalue weighted by Gasteiger charge is 2.54. The number of likely N-dealkylation sites (tertiary alicyclic amines) is 1. The number of nitrogen functional groups attached to an aromatic ring is 1. The zero-order valence-electron chi connectivity index (χ0n) is 18.9. The lowest BCUT2D eigenvalue weighted by atomic mass is 9.99. The molecule has 0 bridgehead atoms. The number of carbonyl (C=O) groups excluding carboxylic acids is 3. The van der Waals surface area contributed by atoms with E-state index < -0.39 is 41.4 Å². The number of aliphatic hydroxyl groups excluding tert-OH is 2. The Morgan fingerprint density at radius 3 is 2.74 bits per heavy atom. The normalized spacial score (nSPS) is 31.0. The van der Waals surface area contributed by atoms with Gasteiger partial charge in [0.25, 0.3) is 11.8 Å². The van der Waals surface area contributed by atoms with E-state index in [-0.39, 0.29) is 35.5 Å². The number of nitrogens with one attached hydrogen (secondary N) is 1. The molecule has 14 nitrogen and oxygen atoms in total. The van der Waals surface area contributed by atoms with E-state index in [2.05, 4.69) is 19.8 Å². The Bertz CT molecular complexity index is 1110. The fourth-order valence-electron chi connectivity index (χ4n) is 4.51. The van der Waals surface area contributed by atoms with Crippen molar-refractivity contribution in [2.45, 2.75) is 30.0 Å². The molecular formula is C19H25N7O7S2. The van der Waals surface area contributed by atoms with Gasteiger partial charge in [-0.3, -0.25) is 14.5 Å². The van der Waals surface area contributed by atoms with Crippen LogP contribution in [0.1, 0.15) is 12.2 Å². The number of aliphatic hydroxyl groups is 2. The number of oxime groups is 1. The predicted molar refractivity (Wildman–Crippen MR) is 122 cm³/mol. The lowest BCUT2D eigenvalue weighted by molar-refractivity contribution is -0.914. The van der Waals surface area contributed by atoms with Crippen molar-refractivity contribution in [1.29, 1.82) is 0 Å². The van der Waals surface area contributed by atoms with E-state index in [1.54, 1.807) is 0 Å². The number of anilines is 1. The molecule has 0 spiro atoms. The number of carboxylic acid groups (broad SMARTS) is 1. The van der Waals surface area contributed by atoms with Crippen LogP contribution in [0.2, 0.25) is 0 Å². The quantitative estimate of drug-likeness (QED) is 0.118. The minimum Gasteiger partial charge on any atom is -0.543 e. The summed E-state index contributed by atoms with van der Waals surface area (Å²) in [5.41, 5.74) is 5.58. The molecule has 190 valence electrons. The maximum atomic E-state index is 13.0. The molecule has 5 atom stereocenters. The largest absolute Gasteiger partial charge is 0.543 e. The van der Waals surface area contributed by atoms with Crippen molar-refractivity contribution in [2.24, 2.45) is 5.16 Å².